The van der Waals surface area contributed by atoms with Crippen LogP contribution in [0.15, 0.2) is 48.2 Å². The van der Waals surface area contributed by atoms with Gasteiger partial charge in [-0.25, -0.2) is 0 Å². The third kappa shape index (κ3) is 4.35. The first-order chi connectivity index (χ1) is 12.3. The van der Waals surface area contributed by atoms with Gasteiger partial charge in [-0.1, -0.05) is 23.7 Å². The summed E-state index contributed by atoms with van der Waals surface area (Å²) < 4.78 is 48.9. The number of anilines is 1. The molecular weight excluding hydrogens is 369 g/mol. The second kappa shape index (κ2) is 7.37. The first kappa shape index (κ1) is 18.3. The summed E-state index contributed by atoms with van der Waals surface area (Å²) in [5.41, 5.74) is 6.69. The Morgan fingerprint density at radius 2 is 1.92 bits per heavy atom. The Balaban J connectivity index is 1.61. The zero-order valence-electron chi connectivity index (χ0n) is 13.8. The average Bonchev–Trinajstić information content (AvgIpc) is 3.06. The van der Waals surface area contributed by atoms with Crippen LogP contribution in [0.2, 0.25) is 5.02 Å². The smallest absolute Gasteiger partial charge is 0.416 e. The minimum Gasteiger partial charge on any atom is -0.454 e. The van der Waals surface area contributed by atoms with Crippen molar-refractivity contribution in [3.05, 3.63) is 64.3 Å². The molecule has 0 aromatic heterocycles. The van der Waals surface area contributed by atoms with Gasteiger partial charge in [0.2, 0.25) is 6.79 Å². The maximum Gasteiger partial charge on any atom is 0.416 e. The molecule has 1 heterocycles. The highest BCUT2D eigenvalue weighted by Crippen LogP contribution is 2.34. The third-order valence-electron chi connectivity index (χ3n) is 3.77. The summed E-state index contributed by atoms with van der Waals surface area (Å²) in [5, 5.41) is 0.189. The molecule has 4 nitrogen and oxygen atoms in total. The molecule has 1 aliphatic rings. The monoisotopic (exact) mass is 384 g/mol. The summed E-state index contributed by atoms with van der Waals surface area (Å²) in [7, 11) is 0. The van der Waals surface area contributed by atoms with E-state index in [-0.39, 0.29) is 17.5 Å². The van der Waals surface area contributed by atoms with Crippen molar-refractivity contribution >= 4 is 17.3 Å². The van der Waals surface area contributed by atoms with Crippen LogP contribution in [0.4, 0.5) is 18.9 Å². The molecule has 0 unspecified atom stereocenters. The molecule has 0 fully saturated rings. The summed E-state index contributed by atoms with van der Waals surface area (Å²) in [6.07, 6.45) is -1.91. The van der Waals surface area contributed by atoms with E-state index in [1.54, 1.807) is 6.92 Å². The van der Waals surface area contributed by atoms with E-state index < -0.39 is 11.7 Å². The minimum atomic E-state index is -4.43. The molecule has 2 aromatic rings. The number of nitrogens with one attached hydrogen (secondary N) is 2. The van der Waals surface area contributed by atoms with Crippen molar-refractivity contribution in [2.45, 2.75) is 19.5 Å². The van der Waals surface area contributed by atoms with Gasteiger partial charge in [0.1, 0.15) is 0 Å². The second-order valence-electron chi connectivity index (χ2n) is 5.72. The van der Waals surface area contributed by atoms with Gasteiger partial charge in [0, 0.05) is 5.70 Å². The van der Waals surface area contributed by atoms with Crippen LogP contribution in [0, 0.1) is 0 Å². The predicted molar refractivity (Wildman–Crippen MR) is 93.2 cm³/mol. The van der Waals surface area contributed by atoms with Crippen LogP contribution in [0.1, 0.15) is 18.1 Å². The third-order valence-corrected chi connectivity index (χ3v) is 4.10. The van der Waals surface area contributed by atoms with Crippen molar-refractivity contribution in [1.29, 1.82) is 0 Å². The van der Waals surface area contributed by atoms with E-state index in [2.05, 4.69) is 10.9 Å². The highest BCUT2D eigenvalue weighted by Gasteiger charge is 2.30. The molecule has 0 spiro atoms. The molecule has 0 radical (unpaired) electrons. The number of hydrazine groups is 1. The fourth-order valence-electron chi connectivity index (χ4n) is 2.35. The maximum atomic E-state index is 12.8. The van der Waals surface area contributed by atoms with Crippen LogP contribution >= 0.6 is 11.6 Å². The second-order valence-corrected chi connectivity index (χ2v) is 6.13. The number of fused-ring (bicyclic) bond motifs is 1. The standard InChI is InChI=1S/C18H16ClF3N2O2/c1-11(2-3-12-4-7-16-17(8-12)26-10-25-16)23-24-15-9-13(18(20,21)22)5-6-14(15)19/h2,4-9,23-24H,3,10H2,1H3/b11-2-. The van der Waals surface area contributed by atoms with E-state index in [0.29, 0.717) is 17.9 Å². The lowest BCUT2D eigenvalue weighted by Crippen LogP contribution is -2.20. The van der Waals surface area contributed by atoms with Crippen molar-refractivity contribution < 1.29 is 22.6 Å². The molecule has 0 saturated heterocycles. The molecule has 0 saturated carbocycles. The Labute approximate surface area is 153 Å². The summed E-state index contributed by atoms with van der Waals surface area (Å²) in [6.45, 7) is 2.01. The van der Waals surface area contributed by atoms with Gasteiger partial charge in [-0.05, 0) is 49.2 Å². The van der Waals surface area contributed by atoms with E-state index in [1.807, 2.05) is 24.3 Å². The zero-order valence-corrected chi connectivity index (χ0v) is 14.5. The topological polar surface area (TPSA) is 42.5 Å². The molecule has 3 rings (SSSR count). The van der Waals surface area contributed by atoms with Gasteiger partial charge in [-0.3, -0.25) is 5.43 Å². The van der Waals surface area contributed by atoms with Gasteiger partial charge in [-0.2, -0.15) is 13.2 Å². The van der Waals surface area contributed by atoms with Crippen LogP contribution in [0.5, 0.6) is 11.5 Å². The van der Waals surface area contributed by atoms with Crippen molar-refractivity contribution in [3.8, 4) is 11.5 Å². The molecule has 0 bridgehead atoms. The van der Waals surface area contributed by atoms with Crippen LogP contribution in [0.25, 0.3) is 0 Å². The zero-order chi connectivity index (χ0) is 18.7. The number of hydrogen-bond donors (Lipinski definition) is 2. The van der Waals surface area contributed by atoms with Gasteiger partial charge < -0.3 is 14.9 Å². The molecule has 0 aliphatic carbocycles. The summed E-state index contributed by atoms with van der Waals surface area (Å²) >= 11 is 5.94. The van der Waals surface area contributed by atoms with Crippen molar-refractivity contribution in [2.24, 2.45) is 0 Å². The normalized spacial score (nSPS) is 13.7. The number of ether oxygens (including phenoxy) is 2. The van der Waals surface area contributed by atoms with E-state index >= 15 is 0 Å². The molecule has 26 heavy (non-hydrogen) atoms. The van der Waals surface area contributed by atoms with Gasteiger partial charge in [0.05, 0.1) is 16.3 Å². The lowest BCUT2D eigenvalue weighted by Gasteiger charge is -2.14. The molecular formula is C18H16ClF3N2O2. The van der Waals surface area contributed by atoms with Crippen molar-refractivity contribution in [2.75, 3.05) is 12.2 Å². The van der Waals surface area contributed by atoms with Crippen LogP contribution < -0.4 is 20.3 Å². The predicted octanol–water partition coefficient (Wildman–Crippen LogP) is 5.15. The van der Waals surface area contributed by atoms with Gasteiger partial charge in [0.15, 0.2) is 11.5 Å². The largest absolute Gasteiger partial charge is 0.454 e. The first-order valence-electron chi connectivity index (χ1n) is 7.77. The van der Waals surface area contributed by atoms with Crippen molar-refractivity contribution in [1.82, 2.24) is 5.43 Å². The van der Waals surface area contributed by atoms with Gasteiger partial charge in [0.25, 0.3) is 0 Å². The number of benzene rings is 2. The van der Waals surface area contributed by atoms with E-state index in [1.165, 1.54) is 6.07 Å². The van der Waals surface area contributed by atoms with Gasteiger partial charge >= 0.3 is 6.18 Å². The van der Waals surface area contributed by atoms with E-state index in [0.717, 1.165) is 23.4 Å². The first-order valence-corrected chi connectivity index (χ1v) is 8.15. The Morgan fingerprint density at radius 1 is 1.15 bits per heavy atom. The maximum absolute atomic E-state index is 12.8. The van der Waals surface area contributed by atoms with Crippen LogP contribution in [-0.4, -0.2) is 6.79 Å². The molecule has 138 valence electrons. The Hall–Kier alpha value is -2.54. The SMILES string of the molecule is C/C(=C/Cc1ccc2c(c1)OCO2)NNc1cc(C(F)(F)F)ccc1Cl. The van der Waals surface area contributed by atoms with Crippen LogP contribution in [0.3, 0.4) is 0 Å². The minimum absolute atomic E-state index is 0.150. The summed E-state index contributed by atoms with van der Waals surface area (Å²) in [6, 6.07) is 8.77. The average molecular weight is 385 g/mol. The number of halogens is 4. The highest BCUT2D eigenvalue weighted by molar-refractivity contribution is 6.33. The van der Waals surface area contributed by atoms with E-state index in [9.17, 15) is 13.2 Å². The molecule has 1 aliphatic heterocycles. The quantitative estimate of drug-likeness (QED) is 0.699. The lowest BCUT2D eigenvalue weighted by molar-refractivity contribution is -0.137. The Morgan fingerprint density at radius 3 is 2.69 bits per heavy atom. The fourth-order valence-corrected chi connectivity index (χ4v) is 2.52. The van der Waals surface area contributed by atoms with Crippen LogP contribution in [-0.2, 0) is 12.6 Å². The summed E-state index contributed by atoms with van der Waals surface area (Å²) in [4.78, 5) is 0. The van der Waals surface area contributed by atoms with E-state index in [4.69, 9.17) is 21.1 Å². The summed E-state index contributed by atoms with van der Waals surface area (Å²) in [5.74, 6) is 1.42. The highest BCUT2D eigenvalue weighted by atomic mass is 35.5. The molecule has 0 amide bonds. The number of hydrogen-bond acceptors (Lipinski definition) is 4. The lowest BCUT2D eigenvalue weighted by atomic mass is 10.1. The van der Waals surface area contributed by atoms with Gasteiger partial charge in [-0.15, -0.1) is 0 Å². The molecule has 2 N–H and O–H groups in total. The van der Waals surface area contributed by atoms with Crippen molar-refractivity contribution in [3.63, 3.8) is 0 Å². The molecule has 0 atom stereocenters. The Bertz CT molecular complexity index is 838. The Kier molecular flexibility index (Phi) is 5.18. The molecule has 2 aromatic carbocycles. The number of allylic oxidation sites excluding steroid dienone is 2. The molecule has 8 heteroatoms. The number of alkyl halides is 3. The fraction of sp³-hybridized carbons (Fsp3) is 0.222. The number of rotatable bonds is 5.